The monoisotopic (exact) mass is 294 g/mol. The number of pyridine rings is 1. The van der Waals surface area contributed by atoms with E-state index in [9.17, 15) is 18.0 Å². The van der Waals surface area contributed by atoms with Crippen LogP contribution in [-0.2, 0) is 12.7 Å². The number of amides is 1. The maximum atomic E-state index is 12.9. The lowest BCUT2D eigenvalue weighted by molar-refractivity contribution is -0.138. The Labute approximate surface area is 120 Å². The second-order valence-corrected chi connectivity index (χ2v) is 4.55. The molecular formula is C15H13F3N2O. The summed E-state index contributed by atoms with van der Waals surface area (Å²) in [6, 6.07) is 8.29. The number of carbonyl (C=O) groups is 1. The molecule has 1 aromatic carbocycles. The molecule has 1 heterocycles. The molecule has 0 N–H and O–H groups in total. The highest BCUT2D eigenvalue weighted by atomic mass is 19.4. The highest BCUT2D eigenvalue weighted by Gasteiger charge is 2.33. The third kappa shape index (κ3) is 3.59. The van der Waals surface area contributed by atoms with E-state index in [2.05, 4.69) is 4.98 Å². The van der Waals surface area contributed by atoms with Crippen molar-refractivity contribution in [3.05, 3.63) is 65.5 Å². The van der Waals surface area contributed by atoms with E-state index < -0.39 is 11.7 Å². The summed E-state index contributed by atoms with van der Waals surface area (Å²) in [6.45, 7) is -0.114. The normalized spacial score (nSPS) is 11.2. The molecule has 0 radical (unpaired) electrons. The first-order valence-corrected chi connectivity index (χ1v) is 6.20. The van der Waals surface area contributed by atoms with Crippen molar-refractivity contribution in [1.82, 2.24) is 9.88 Å². The van der Waals surface area contributed by atoms with Gasteiger partial charge in [0.05, 0.1) is 5.56 Å². The van der Waals surface area contributed by atoms with E-state index in [-0.39, 0.29) is 18.0 Å². The first-order valence-electron chi connectivity index (χ1n) is 6.20. The van der Waals surface area contributed by atoms with E-state index in [1.807, 2.05) is 0 Å². The van der Waals surface area contributed by atoms with Gasteiger partial charge in [-0.3, -0.25) is 9.78 Å². The van der Waals surface area contributed by atoms with Gasteiger partial charge in [-0.25, -0.2) is 0 Å². The molecule has 0 unspecified atom stereocenters. The first-order chi connectivity index (χ1) is 9.89. The van der Waals surface area contributed by atoms with E-state index in [4.69, 9.17) is 0 Å². The molecule has 0 spiro atoms. The van der Waals surface area contributed by atoms with Crippen LogP contribution in [-0.4, -0.2) is 22.8 Å². The minimum absolute atomic E-state index is 0.0647. The SMILES string of the molecule is CN(Cc1ccccc1C(F)(F)F)C(=O)c1ccncc1. The van der Waals surface area contributed by atoms with Crippen LogP contribution in [0.1, 0.15) is 21.5 Å². The minimum Gasteiger partial charge on any atom is -0.337 e. The summed E-state index contributed by atoms with van der Waals surface area (Å²) in [6.07, 6.45) is -1.51. The number of halogens is 3. The molecule has 1 amide bonds. The number of hydrogen-bond acceptors (Lipinski definition) is 2. The Hall–Kier alpha value is -2.37. The summed E-state index contributed by atoms with van der Waals surface area (Å²) in [5.41, 5.74) is -0.272. The summed E-state index contributed by atoms with van der Waals surface area (Å²) >= 11 is 0. The van der Waals surface area contributed by atoms with Crippen LogP contribution in [0.2, 0.25) is 0 Å². The lowest BCUT2D eigenvalue weighted by Crippen LogP contribution is -2.27. The maximum absolute atomic E-state index is 12.9. The van der Waals surface area contributed by atoms with Gasteiger partial charge in [-0.1, -0.05) is 18.2 Å². The number of rotatable bonds is 3. The van der Waals surface area contributed by atoms with Crippen molar-refractivity contribution in [2.24, 2.45) is 0 Å². The van der Waals surface area contributed by atoms with Gasteiger partial charge in [-0.2, -0.15) is 13.2 Å². The quantitative estimate of drug-likeness (QED) is 0.869. The predicted molar refractivity (Wildman–Crippen MR) is 71.5 cm³/mol. The van der Waals surface area contributed by atoms with Gasteiger partial charge in [0.15, 0.2) is 0 Å². The van der Waals surface area contributed by atoms with Crippen LogP contribution in [0.5, 0.6) is 0 Å². The third-order valence-electron chi connectivity index (χ3n) is 3.00. The molecule has 0 aliphatic carbocycles. The van der Waals surface area contributed by atoms with Crippen molar-refractivity contribution < 1.29 is 18.0 Å². The van der Waals surface area contributed by atoms with Crippen LogP contribution in [0, 0.1) is 0 Å². The molecule has 0 atom stereocenters. The van der Waals surface area contributed by atoms with E-state index in [1.54, 1.807) is 0 Å². The van der Waals surface area contributed by atoms with Crippen LogP contribution in [0.15, 0.2) is 48.8 Å². The van der Waals surface area contributed by atoms with E-state index >= 15 is 0 Å². The number of aromatic nitrogens is 1. The molecule has 2 aromatic rings. The minimum atomic E-state index is -4.43. The fraction of sp³-hybridized carbons (Fsp3) is 0.200. The smallest absolute Gasteiger partial charge is 0.337 e. The Kier molecular flexibility index (Phi) is 4.26. The molecule has 110 valence electrons. The Morgan fingerprint density at radius 1 is 1.14 bits per heavy atom. The standard InChI is InChI=1S/C15H13F3N2O/c1-20(14(21)11-6-8-19-9-7-11)10-12-4-2-3-5-13(12)15(16,17)18/h2-9H,10H2,1H3. The van der Waals surface area contributed by atoms with Gasteiger partial charge >= 0.3 is 6.18 Å². The topological polar surface area (TPSA) is 33.2 Å². The predicted octanol–water partition coefficient (Wildman–Crippen LogP) is 3.37. The molecule has 0 aliphatic rings. The number of nitrogens with zero attached hydrogens (tertiary/aromatic N) is 2. The van der Waals surface area contributed by atoms with Gasteiger partial charge in [-0.15, -0.1) is 0 Å². The summed E-state index contributed by atoms with van der Waals surface area (Å²) in [7, 11) is 1.47. The van der Waals surface area contributed by atoms with Crippen LogP contribution >= 0.6 is 0 Å². The van der Waals surface area contributed by atoms with Crippen molar-refractivity contribution in [1.29, 1.82) is 0 Å². The van der Waals surface area contributed by atoms with Gasteiger partial charge < -0.3 is 4.90 Å². The Morgan fingerprint density at radius 3 is 2.38 bits per heavy atom. The molecule has 3 nitrogen and oxygen atoms in total. The van der Waals surface area contributed by atoms with Crippen molar-refractivity contribution in [3.8, 4) is 0 Å². The lowest BCUT2D eigenvalue weighted by atomic mass is 10.1. The first kappa shape index (κ1) is 15.0. The van der Waals surface area contributed by atoms with Gasteiger partial charge in [-0.05, 0) is 23.8 Å². The van der Waals surface area contributed by atoms with Gasteiger partial charge in [0.2, 0.25) is 0 Å². The highest BCUT2D eigenvalue weighted by Crippen LogP contribution is 2.32. The zero-order chi connectivity index (χ0) is 15.5. The summed E-state index contributed by atoms with van der Waals surface area (Å²) in [4.78, 5) is 17.2. The zero-order valence-electron chi connectivity index (χ0n) is 11.3. The summed E-state index contributed by atoms with van der Waals surface area (Å²) < 4.78 is 38.7. The summed E-state index contributed by atoms with van der Waals surface area (Å²) in [5.74, 6) is -0.352. The molecule has 0 bridgehead atoms. The van der Waals surface area contributed by atoms with E-state index in [0.29, 0.717) is 5.56 Å². The van der Waals surface area contributed by atoms with E-state index in [0.717, 1.165) is 6.07 Å². The molecule has 0 saturated heterocycles. The second-order valence-electron chi connectivity index (χ2n) is 4.55. The molecule has 0 saturated carbocycles. The van der Waals surface area contributed by atoms with Crippen LogP contribution < -0.4 is 0 Å². The number of hydrogen-bond donors (Lipinski definition) is 0. The average molecular weight is 294 g/mol. The fourth-order valence-electron chi connectivity index (χ4n) is 1.98. The van der Waals surface area contributed by atoms with E-state index in [1.165, 1.54) is 54.7 Å². The largest absolute Gasteiger partial charge is 0.416 e. The summed E-state index contributed by atoms with van der Waals surface area (Å²) in [5, 5.41) is 0. The van der Waals surface area contributed by atoms with Crippen molar-refractivity contribution in [2.45, 2.75) is 12.7 Å². The molecule has 0 aliphatic heterocycles. The molecular weight excluding hydrogens is 281 g/mol. The van der Waals surface area contributed by atoms with Crippen LogP contribution in [0.4, 0.5) is 13.2 Å². The molecule has 2 rings (SSSR count). The molecule has 1 aromatic heterocycles. The Morgan fingerprint density at radius 2 is 1.76 bits per heavy atom. The van der Waals surface area contributed by atoms with Crippen molar-refractivity contribution in [2.75, 3.05) is 7.05 Å². The van der Waals surface area contributed by atoms with Gasteiger partial charge in [0.25, 0.3) is 5.91 Å². The maximum Gasteiger partial charge on any atom is 0.416 e. The van der Waals surface area contributed by atoms with Crippen LogP contribution in [0.25, 0.3) is 0 Å². The van der Waals surface area contributed by atoms with Crippen molar-refractivity contribution in [3.63, 3.8) is 0 Å². The highest BCUT2D eigenvalue weighted by molar-refractivity contribution is 5.93. The number of alkyl halides is 3. The average Bonchev–Trinajstić information content (AvgIpc) is 2.47. The van der Waals surface area contributed by atoms with Gasteiger partial charge in [0, 0.05) is 31.5 Å². The van der Waals surface area contributed by atoms with Gasteiger partial charge in [0.1, 0.15) is 0 Å². The fourth-order valence-corrected chi connectivity index (χ4v) is 1.98. The van der Waals surface area contributed by atoms with Crippen molar-refractivity contribution >= 4 is 5.91 Å². The Bertz CT molecular complexity index is 626. The zero-order valence-corrected chi connectivity index (χ0v) is 11.3. The molecule has 6 heteroatoms. The molecule has 21 heavy (non-hydrogen) atoms. The second kappa shape index (κ2) is 5.95. The third-order valence-corrected chi connectivity index (χ3v) is 3.00. The number of benzene rings is 1. The lowest BCUT2D eigenvalue weighted by Gasteiger charge is -2.20. The van der Waals surface area contributed by atoms with Crippen LogP contribution in [0.3, 0.4) is 0 Å². The Balaban J connectivity index is 2.21. The molecule has 0 fully saturated rings. The number of carbonyl (C=O) groups excluding carboxylic acids is 1.